The van der Waals surface area contributed by atoms with E-state index in [1.807, 2.05) is 31.2 Å². The molecule has 0 heterocycles. The topological polar surface area (TPSA) is 41.1 Å². The van der Waals surface area contributed by atoms with Gasteiger partial charge in [-0.3, -0.25) is 4.79 Å². The molecule has 0 saturated carbocycles. The Balaban J connectivity index is 1.84. The largest absolute Gasteiger partial charge is 0.374 e. The summed E-state index contributed by atoms with van der Waals surface area (Å²) in [5.41, 5.74) is 2.95. The number of amides is 1. The van der Waals surface area contributed by atoms with Gasteiger partial charge in [-0.15, -0.1) is 0 Å². The van der Waals surface area contributed by atoms with Gasteiger partial charge in [-0.1, -0.05) is 29.8 Å². The van der Waals surface area contributed by atoms with E-state index in [0.717, 1.165) is 11.3 Å². The lowest BCUT2D eigenvalue weighted by molar-refractivity contribution is -0.121. The van der Waals surface area contributed by atoms with Gasteiger partial charge in [0, 0.05) is 12.2 Å². The fourth-order valence-electron chi connectivity index (χ4n) is 1.91. The molecule has 1 amide bonds. The van der Waals surface area contributed by atoms with Crippen LogP contribution < -0.4 is 10.6 Å². The minimum Gasteiger partial charge on any atom is -0.374 e. The number of nitrogens with one attached hydrogen (secondary N) is 2. The molecule has 21 heavy (non-hydrogen) atoms. The highest BCUT2D eigenvalue weighted by molar-refractivity contribution is 5.84. The lowest BCUT2D eigenvalue weighted by Gasteiger charge is -2.15. The Morgan fingerprint density at radius 2 is 1.71 bits per heavy atom. The van der Waals surface area contributed by atoms with Crippen LogP contribution in [0.4, 0.5) is 10.1 Å². The van der Waals surface area contributed by atoms with E-state index in [1.165, 1.54) is 17.7 Å². The van der Waals surface area contributed by atoms with Crippen molar-refractivity contribution in [2.75, 3.05) is 5.32 Å². The Morgan fingerprint density at radius 1 is 1.10 bits per heavy atom. The van der Waals surface area contributed by atoms with Crippen molar-refractivity contribution < 1.29 is 9.18 Å². The van der Waals surface area contributed by atoms with Crippen molar-refractivity contribution in [1.29, 1.82) is 0 Å². The van der Waals surface area contributed by atoms with Gasteiger partial charge in [-0.05, 0) is 43.7 Å². The highest BCUT2D eigenvalue weighted by Crippen LogP contribution is 2.10. The zero-order valence-electron chi connectivity index (χ0n) is 12.2. The molecular formula is C17H19FN2O. The maximum Gasteiger partial charge on any atom is 0.242 e. The second-order valence-electron chi connectivity index (χ2n) is 5.08. The van der Waals surface area contributed by atoms with Crippen LogP contribution >= 0.6 is 0 Å². The number of anilines is 1. The number of hydrogen-bond acceptors (Lipinski definition) is 2. The highest BCUT2D eigenvalue weighted by atomic mass is 19.1. The van der Waals surface area contributed by atoms with E-state index in [4.69, 9.17) is 0 Å². The van der Waals surface area contributed by atoms with Gasteiger partial charge >= 0.3 is 0 Å². The standard InChI is InChI=1S/C17H19FN2O/c1-12-3-9-16(10-4-12)20-13(2)17(21)19-11-14-5-7-15(18)8-6-14/h3-10,13,20H,11H2,1-2H3,(H,19,21). The minimum atomic E-state index is -0.340. The maximum atomic E-state index is 12.8. The third-order valence-corrected chi connectivity index (χ3v) is 3.21. The van der Waals surface area contributed by atoms with Gasteiger partial charge in [0.1, 0.15) is 11.9 Å². The van der Waals surface area contributed by atoms with Crippen LogP contribution in [0.15, 0.2) is 48.5 Å². The van der Waals surface area contributed by atoms with E-state index in [-0.39, 0.29) is 17.8 Å². The third kappa shape index (κ3) is 4.60. The maximum absolute atomic E-state index is 12.8. The molecule has 2 rings (SSSR count). The molecule has 0 spiro atoms. The lowest BCUT2D eigenvalue weighted by Crippen LogP contribution is -2.37. The number of rotatable bonds is 5. The van der Waals surface area contributed by atoms with Gasteiger partial charge < -0.3 is 10.6 Å². The summed E-state index contributed by atoms with van der Waals surface area (Å²) in [6.45, 7) is 4.21. The SMILES string of the molecule is Cc1ccc(NC(C)C(=O)NCc2ccc(F)cc2)cc1. The molecule has 2 aromatic rings. The molecule has 0 aliphatic rings. The molecule has 0 aliphatic carbocycles. The third-order valence-electron chi connectivity index (χ3n) is 3.21. The van der Waals surface area contributed by atoms with E-state index >= 15 is 0 Å². The van der Waals surface area contributed by atoms with Gasteiger partial charge in [0.25, 0.3) is 0 Å². The van der Waals surface area contributed by atoms with Crippen LogP contribution in [0, 0.1) is 12.7 Å². The number of carbonyl (C=O) groups excluding carboxylic acids is 1. The number of aryl methyl sites for hydroxylation is 1. The second-order valence-corrected chi connectivity index (χ2v) is 5.08. The molecule has 0 aromatic heterocycles. The van der Waals surface area contributed by atoms with E-state index in [0.29, 0.717) is 6.54 Å². The van der Waals surface area contributed by atoms with Crippen molar-refractivity contribution in [3.05, 3.63) is 65.5 Å². The molecule has 0 aliphatic heterocycles. The summed E-state index contributed by atoms with van der Waals surface area (Å²) in [5.74, 6) is -0.376. The number of hydrogen-bond donors (Lipinski definition) is 2. The smallest absolute Gasteiger partial charge is 0.242 e. The van der Waals surface area contributed by atoms with Crippen molar-refractivity contribution in [1.82, 2.24) is 5.32 Å². The summed E-state index contributed by atoms with van der Waals surface area (Å²) >= 11 is 0. The molecule has 0 fully saturated rings. The summed E-state index contributed by atoms with van der Waals surface area (Å²) in [6.07, 6.45) is 0. The van der Waals surface area contributed by atoms with Crippen LogP contribution in [-0.2, 0) is 11.3 Å². The van der Waals surface area contributed by atoms with Gasteiger partial charge in [-0.25, -0.2) is 4.39 Å². The number of carbonyl (C=O) groups is 1. The van der Waals surface area contributed by atoms with Crippen molar-refractivity contribution in [2.45, 2.75) is 26.4 Å². The fraction of sp³-hybridized carbons (Fsp3) is 0.235. The van der Waals surface area contributed by atoms with Crippen LogP contribution in [-0.4, -0.2) is 11.9 Å². The number of halogens is 1. The quantitative estimate of drug-likeness (QED) is 0.886. The monoisotopic (exact) mass is 286 g/mol. The van der Waals surface area contributed by atoms with Crippen LogP contribution in [0.1, 0.15) is 18.1 Å². The first-order valence-corrected chi connectivity index (χ1v) is 6.90. The Labute approximate surface area is 124 Å². The minimum absolute atomic E-state index is 0.0973. The molecule has 0 radical (unpaired) electrons. The molecule has 2 aromatic carbocycles. The molecule has 1 atom stereocenters. The van der Waals surface area contributed by atoms with Crippen LogP contribution in [0.25, 0.3) is 0 Å². The van der Waals surface area contributed by atoms with E-state index in [9.17, 15) is 9.18 Å². The van der Waals surface area contributed by atoms with Crippen LogP contribution in [0.2, 0.25) is 0 Å². The van der Waals surface area contributed by atoms with Gasteiger partial charge in [0.2, 0.25) is 5.91 Å². The Bertz CT molecular complexity index is 593. The highest BCUT2D eigenvalue weighted by Gasteiger charge is 2.11. The first kappa shape index (κ1) is 15.0. The van der Waals surface area contributed by atoms with Crippen LogP contribution in [0.5, 0.6) is 0 Å². The van der Waals surface area contributed by atoms with Crippen LogP contribution in [0.3, 0.4) is 0 Å². The molecule has 0 saturated heterocycles. The summed E-state index contributed by atoms with van der Waals surface area (Å²) in [5, 5.41) is 5.97. The zero-order valence-corrected chi connectivity index (χ0v) is 12.2. The van der Waals surface area contributed by atoms with Crippen molar-refractivity contribution in [3.63, 3.8) is 0 Å². The predicted molar refractivity (Wildman–Crippen MR) is 82.5 cm³/mol. The Kier molecular flexibility index (Phi) is 4.93. The second kappa shape index (κ2) is 6.88. The number of benzene rings is 2. The summed E-state index contributed by atoms with van der Waals surface area (Å²) < 4.78 is 12.8. The first-order chi connectivity index (χ1) is 10.0. The normalized spacial score (nSPS) is 11.8. The van der Waals surface area contributed by atoms with E-state index < -0.39 is 0 Å². The summed E-state index contributed by atoms with van der Waals surface area (Å²) in [7, 11) is 0. The molecule has 3 nitrogen and oxygen atoms in total. The molecule has 0 bridgehead atoms. The van der Waals surface area contributed by atoms with Gasteiger partial charge in [-0.2, -0.15) is 0 Å². The molecule has 110 valence electrons. The molecule has 2 N–H and O–H groups in total. The van der Waals surface area contributed by atoms with Crippen molar-refractivity contribution in [3.8, 4) is 0 Å². The predicted octanol–water partition coefficient (Wildman–Crippen LogP) is 3.25. The van der Waals surface area contributed by atoms with E-state index in [2.05, 4.69) is 10.6 Å². The molecule has 4 heteroatoms. The molecule has 1 unspecified atom stereocenters. The fourth-order valence-corrected chi connectivity index (χ4v) is 1.91. The first-order valence-electron chi connectivity index (χ1n) is 6.90. The summed E-state index contributed by atoms with van der Waals surface area (Å²) in [4.78, 5) is 12.0. The Morgan fingerprint density at radius 3 is 2.33 bits per heavy atom. The summed E-state index contributed by atoms with van der Waals surface area (Å²) in [6, 6.07) is 13.6. The van der Waals surface area contributed by atoms with Gasteiger partial charge in [0.05, 0.1) is 0 Å². The van der Waals surface area contributed by atoms with Crippen molar-refractivity contribution >= 4 is 11.6 Å². The van der Waals surface area contributed by atoms with E-state index in [1.54, 1.807) is 19.1 Å². The Hall–Kier alpha value is -2.36. The van der Waals surface area contributed by atoms with Gasteiger partial charge in [0.15, 0.2) is 0 Å². The van der Waals surface area contributed by atoms with Crippen molar-refractivity contribution in [2.24, 2.45) is 0 Å². The average molecular weight is 286 g/mol. The average Bonchev–Trinajstić information content (AvgIpc) is 2.48. The zero-order chi connectivity index (χ0) is 15.2. The molecular weight excluding hydrogens is 267 g/mol. The lowest BCUT2D eigenvalue weighted by atomic mass is 10.2.